The molecule has 1 aromatic heterocycles. The highest BCUT2D eigenvalue weighted by Gasteiger charge is 2.31. The van der Waals surface area contributed by atoms with Gasteiger partial charge in [0.15, 0.2) is 11.5 Å². The van der Waals surface area contributed by atoms with Gasteiger partial charge in [0.25, 0.3) is 0 Å². The van der Waals surface area contributed by atoms with Crippen LogP contribution >= 0.6 is 11.3 Å². The van der Waals surface area contributed by atoms with Crippen LogP contribution in [0.2, 0.25) is 0 Å². The molecule has 0 radical (unpaired) electrons. The number of aromatic nitrogens is 1. The quantitative estimate of drug-likeness (QED) is 0.287. The monoisotopic (exact) mass is 466 g/mol. The van der Waals surface area contributed by atoms with E-state index >= 15 is 0 Å². The lowest BCUT2D eigenvalue weighted by molar-refractivity contribution is -0.119. The second kappa shape index (κ2) is 8.11. The number of hydrogen-bond acceptors (Lipinski definition) is 7. The molecule has 4 aromatic rings. The van der Waals surface area contributed by atoms with Crippen molar-refractivity contribution >= 4 is 53.9 Å². The van der Waals surface area contributed by atoms with Gasteiger partial charge in [0.2, 0.25) is 0 Å². The van der Waals surface area contributed by atoms with E-state index in [4.69, 9.17) is 4.28 Å². The Morgan fingerprint density at radius 3 is 2.38 bits per heavy atom. The molecule has 0 aliphatic carbocycles. The Balaban J connectivity index is 1.82. The van der Waals surface area contributed by atoms with Crippen LogP contribution in [0, 0.1) is 12.3 Å². The Labute approximate surface area is 190 Å². The van der Waals surface area contributed by atoms with Crippen LogP contribution in [0.3, 0.4) is 0 Å². The molecule has 0 atom stereocenters. The molecule has 0 unspecified atom stereocenters. The zero-order chi connectivity index (χ0) is 23.1. The van der Waals surface area contributed by atoms with Crippen LogP contribution < -0.4 is 0 Å². The summed E-state index contributed by atoms with van der Waals surface area (Å²) in [5.41, 5.74) is 0.700. The standard InChI is InChI=1S/C24H22N2O4S2/c1-15-9-12-17(13-10-15)32(28,29)30-26-20(22(27)24(2,3)4)23-25-19-14-11-16-7-5-6-8-18(16)21(19)31-23/h5-14H,1-4H3. The van der Waals surface area contributed by atoms with Crippen molar-refractivity contribution in [3.63, 3.8) is 0 Å². The number of aryl methyl sites for hydroxylation is 1. The van der Waals surface area contributed by atoms with Crippen LogP contribution in [0.25, 0.3) is 21.0 Å². The van der Waals surface area contributed by atoms with Crippen molar-refractivity contribution in [2.75, 3.05) is 0 Å². The van der Waals surface area contributed by atoms with Gasteiger partial charge < -0.3 is 0 Å². The summed E-state index contributed by atoms with van der Waals surface area (Å²) in [6, 6.07) is 17.9. The molecule has 0 spiro atoms. The Hall–Kier alpha value is -3.10. The van der Waals surface area contributed by atoms with Gasteiger partial charge in [-0.05, 0) is 30.5 Å². The van der Waals surface area contributed by atoms with E-state index in [2.05, 4.69) is 10.1 Å². The van der Waals surface area contributed by atoms with Crippen LogP contribution in [0.15, 0.2) is 70.7 Å². The van der Waals surface area contributed by atoms with Gasteiger partial charge in [0.05, 0.1) is 10.2 Å². The van der Waals surface area contributed by atoms with E-state index in [1.807, 2.05) is 43.3 Å². The normalized spacial score (nSPS) is 12.9. The van der Waals surface area contributed by atoms with Gasteiger partial charge in [0, 0.05) is 10.8 Å². The number of thiazole rings is 1. The number of carbonyl (C=O) groups excluding carboxylic acids is 1. The highest BCUT2D eigenvalue weighted by Crippen LogP contribution is 2.32. The van der Waals surface area contributed by atoms with Crippen LogP contribution in [0.5, 0.6) is 0 Å². The van der Waals surface area contributed by atoms with Crippen molar-refractivity contribution < 1.29 is 17.5 Å². The van der Waals surface area contributed by atoms with Crippen molar-refractivity contribution in [3.05, 3.63) is 71.2 Å². The highest BCUT2D eigenvalue weighted by molar-refractivity contribution is 7.86. The van der Waals surface area contributed by atoms with Crippen molar-refractivity contribution in [1.82, 2.24) is 4.98 Å². The molecule has 0 saturated heterocycles. The molecule has 4 rings (SSSR count). The first-order valence-corrected chi connectivity index (χ1v) is 12.2. The number of fused-ring (bicyclic) bond motifs is 3. The molecule has 0 N–H and O–H groups in total. The number of oxime groups is 1. The molecule has 164 valence electrons. The highest BCUT2D eigenvalue weighted by atomic mass is 32.2. The zero-order valence-electron chi connectivity index (χ0n) is 18.1. The first-order valence-electron chi connectivity index (χ1n) is 9.98. The summed E-state index contributed by atoms with van der Waals surface area (Å²) in [6.45, 7) is 7.07. The van der Waals surface area contributed by atoms with E-state index < -0.39 is 15.5 Å². The van der Waals surface area contributed by atoms with Gasteiger partial charge >= 0.3 is 10.1 Å². The second-order valence-electron chi connectivity index (χ2n) is 8.51. The number of ketones is 1. The molecule has 1 heterocycles. The van der Waals surface area contributed by atoms with Gasteiger partial charge in [-0.3, -0.25) is 9.08 Å². The van der Waals surface area contributed by atoms with Crippen molar-refractivity contribution in [2.24, 2.45) is 10.6 Å². The van der Waals surface area contributed by atoms with Gasteiger partial charge in [-0.15, -0.1) is 11.3 Å². The minimum Gasteiger partial charge on any atom is -0.292 e. The van der Waals surface area contributed by atoms with Crippen molar-refractivity contribution in [1.29, 1.82) is 0 Å². The van der Waals surface area contributed by atoms with Crippen molar-refractivity contribution in [2.45, 2.75) is 32.6 Å². The molecule has 6 nitrogen and oxygen atoms in total. The average Bonchev–Trinajstić information content (AvgIpc) is 3.18. The van der Waals surface area contributed by atoms with E-state index in [9.17, 15) is 13.2 Å². The van der Waals surface area contributed by atoms with Crippen LogP contribution in [0.4, 0.5) is 0 Å². The Morgan fingerprint density at radius 2 is 1.69 bits per heavy atom. The largest absolute Gasteiger partial charge is 0.358 e. The van der Waals surface area contributed by atoms with Crippen LogP contribution in [0.1, 0.15) is 31.3 Å². The third-order valence-electron chi connectivity index (χ3n) is 4.91. The molecule has 0 fully saturated rings. The number of rotatable bonds is 5. The molecule has 0 aliphatic rings. The van der Waals surface area contributed by atoms with Gasteiger partial charge in [-0.25, -0.2) is 4.98 Å². The van der Waals surface area contributed by atoms with E-state index in [-0.39, 0.29) is 16.4 Å². The van der Waals surface area contributed by atoms with E-state index in [1.54, 1.807) is 32.9 Å². The third-order valence-corrected chi connectivity index (χ3v) is 7.15. The van der Waals surface area contributed by atoms with E-state index in [0.717, 1.165) is 21.0 Å². The molecular weight excluding hydrogens is 444 g/mol. The SMILES string of the molecule is Cc1ccc(S(=O)(=O)ON=C(C(=O)C(C)(C)C)c2nc3ccc4ccccc4c3s2)cc1. The third kappa shape index (κ3) is 4.28. The summed E-state index contributed by atoms with van der Waals surface area (Å²) in [4.78, 5) is 17.7. The molecule has 8 heteroatoms. The number of Topliss-reactive ketones (excluding diaryl/α,β-unsaturated/α-hetero) is 1. The number of carbonyl (C=O) groups is 1. The summed E-state index contributed by atoms with van der Waals surface area (Å²) in [6.07, 6.45) is 0. The minimum absolute atomic E-state index is 0.0373. The number of hydrogen-bond donors (Lipinski definition) is 0. The summed E-state index contributed by atoms with van der Waals surface area (Å²) in [5, 5.41) is 6.20. The summed E-state index contributed by atoms with van der Waals surface area (Å²) in [5.74, 6) is -0.361. The second-order valence-corrected chi connectivity index (χ2v) is 11.0. The fraction of sp³-hybridized carbons (Fsp3) is 0.208. The lowest BCUT2D eigenvalue weighted by Crippen LogP contribution is -2.29. The van der Waals surface area contributed by atoms with E-state index in [0.29, 0.717) is 10.5 Å². The zero-order valence-corrected chi connectivity index (χ0v) is 19.8. The Bertz CT molecular complexity index is 1460. The van der Waals surface area contributed by atoms with Gasteiger partial charge in [0.1, 0.15) is 9.90 Å². The Kier molecular flexibility index (Phi) is 5.60. The lowest BCUT2D eigenvalue weighted by Gasteiger charge is -2.16. The maximum absolute atomic E-state index is 13.2. The summed E-state index contributed by atoms with van der Waals surface area (Å²) < 4.78 is 31.2. The molecule has 3 aromatic carbocycles. The minimum atomic E-state index is -4.19. The molecule has 0 saturated carbocycles. The first kappa shape index (κ1) is 22.1. The smallest absolute Gasteiger partial charge is 0.292 e. The predicted molar refractivity (Wildman–Crippen MR) is 128 cm³/mol. The Morgan fingerprint density at radius 1 is 1.00 bits per heavy atom. The summed E-state index contributed by atoms with van der Waals surface area (Å²) in [7, 11) is -4.19. The lowest BCUT2D eigenvalue weighted by atomic mass is 9.88. The van der Waals surface area contributed by atoms with E-state index in [1.165, 1.54) is 23.5 Å². The van der Waals surface area contributed by atoms with Crippen LogP contribution in [-0.4, -0.2) is 24.9 Å². The van der Waals surface area contributed by atoms with Gasteiger partial charge in [-0.1, -0.05) is 74.0 Å². The molecule has 32 heavy (non-hydrogen) atoms. The predicted octanol–water partition coefficient (Wildman–Crippen LogP) is 5.48. The first-order chi connectivity index (χ1) is 15.1. The topological polar surface area (TPSA) is 85.7 Å². The molecular formula is C24H22N2O4S2. The fourth-order valence-electron chi connectivity index (χ4n) is 3.12. The number of benzene rings is 3. The van der Waals surface area contributed by atoms with Crippen molar-refractivity contribution in [3.8, 4) is 0 Å². The average molecular weight is 467 g/mol. The van der Waals surface area contributed by atoms with Gasteiger partial charge in [-0.2, -0.15) is 8.42 Å². The fourth-order valence-corrected chi connectivity index (χ4v) is 4.93. The maximum atomic E-state index is 13.2. The number of nitrogens with zero attached hydrogens (tertiary/aromatic N) is 2. The molecule has 0 amide bonds. The molecule has 0 bridgehead atoms. The maximum Gasteiger partial charge on any atom is 0.358 e. The molecule has 0 aliphatic heterocycles. The summed E-state index contributed by atoms with van der Waals surface area (Å²) >= 11 is 1.29. The van der Waals surface area contributed by atoms with Crippen LogP contribution in [-0.2, 0) is 19.2 Å².